The maximum atomic E-state index is 10.4. The molecule has 19 heavy (non-hydrogen) atoms. The van der Waals surface area contributed by atoms with Crippen LogP contribution in [-0.2, 0) is 24.1 Å². The Morgan fingerprint density at radius 3 is 2.89 bits per heavy atom. The van der Waals surface area contributed by atoms with Crippen molar-refractivity contribution in [3.63, 3.8) is 0 Å². The van der Waals surface area contributed by atoms with Crippen molar-refractivity contribution < 1.29 is 4.79 Å². The van der Waals surface area contributed by atoms with Crippen LogP contribution in [0.2, 0.25) is 0 Å². The standard InChI is InChI=1S/C16H17NOS/c18-9-3-6-16-17-15(11-19-16)14-8-7-12-4-1-2-5-13(12)10-14/h7-11H,1-6H2. The van der Waals surface area contributed by atoms with Crippen LogP contribution in [0.1, 0.15) is 35.4 Å². The van der Waals surface area contributed by atoms with E-state index in [1.807, 2.05) is 0 Å². The Balaban J connectivity index is 1.85. The molecule has 0 amide bonds. The van der Waals surface area contributed by atoms with Crippen LogP contribution in [0.25, 0.3) is 11.3 Å². The van der Waals surface area contributed by atoms with Crippen LogP contribution in [-0.4, -0.2) is 11.3 Å². The van der Waals surface area contributed by atoms with E-state index in [1.165, 1.54) is 42.4 Å². The summed E-state index contributed by atoms with van der Waals surface area (Å²) in [6.45, 7) is 0. The average molecular weight is 271 g/mol. The molecule has 0 saturated heterocycles. The Morgan fingerprint density at radius 1 is 1.21 bits per heavy atom. The van der Waals surface area contributed by atoms with E-state index >= 15 is 0 Å². The number of hydrogen-bond donors (Lipinski definition) is 0. The lowest BCUT2D eigenvalue weighted by molar-refractivity contribution is -0.107. The van der Waals surface area contributed by atoms with Crippen LogP contribution >= 0.6 is 11.3 Å². The third-order valence-electron chi connectivity index (χ3n) is 3.67. The molecule has 1 aromatic heterocycles. The molecular formula is C16H17NOS. The van der Waals surface area contributed by atoms with Crippen LogP contribution in [0, 0.1) is 0 Å². The molecular weight excluding hydrogens is 254 g/mol. The summed E-state index contributed by atoms with van der Waals surface area (Å²) in [6, 6.07) is 6.74. The van der Waals surface area contributed by atoms with Crippen LogP contribution in [0.3, 0.4) is 0 Å². The zero-order chi connectivity index (χ0) is 13.1. The number of hydrogen-bond acceptors (Lipinski definition) is 3. The van der Waals surface area contributed by atoms with Crippen molar-refractivity contribution in [3.05, 3.63) is 39.7 Å². The van der Waals surface area contributed by atoms with E-state index in [0.717, 1.165) is 23.4 Å². The molecule has 0 fully saturated rings. The number of aryl methyl sites for hydroxylation is 3. The first kappa shape index (κ1) is 12.5. The average Bonchev–Trinajstić information content (AvgIpc) is 2.93. The fourth-order valence-corrected chi connectivity index (χ4v) is 3.46. The number of carbonyl (C=O) groups excluding carboxylic acids is 1. The minimum absolute atomic E-state index is 0.567. The molecule has 0 saturated carbocycles. The maximum absolute atomic E-state index is 10.4. The van der Waals surface area contributed by atoms with Gasteiger partial charge < -0.3 is 4.79 Å². The third kappa shape index (κ3) is 2.76. The van der Waals surface area contributed by atoms with Gasteiger partial charge in [-0.2, -0.15) is 0 Å². The molecule has 3 rings (SSSR count). The molecule has 1 aliphatic carbocycles. The fraction of sp³-hybridized carbons (Fsp3) is 0.375. The number of thiazole rings is 1. The number of carbonyl (C=O) groups is 1. The molecule has 0 unspecified atom stereocenters. The first-order valence-corrected chi connectivity index (χ1v) is 7.75. The Kier molecular flexibility index (Phi) is 3.74. The molecule has 0 spiro atoms. The van der Waals surface area contributed by atoms with E-state index in [4.69, 9.17) is 0 Å². The first-order chi connectivity index (χ1) is 9.36. The lowest BCUT2D eigenvalue weighted by Crippen LogP contribution is -2.02. The molecule has 1 aromatic carbocycles. The summed E-state index contributed by atoms with van der Waals surface area (Å²) >= 11 is 1.65. The van der Waals surface area contributed by atoms with Gasteiger partial charge in [0.1, 0.15) is 6.29 Å². The number of fused-ring (bicyclic) bond motifs is 1. The summed E-state index contributed by atoms with van der Waals surface area (Å²) in [6.07, 6.45) is 7.33. The maximum Gasteiger partial charge on any atom is 0.120 e. The molecule has 1 heterocycles. The Bertz CT molecular complexity index is 588. The Morgan fingerprint density at radius 2 is 2.05 bits per heavy atom. The van der Waals surface area contributed by atoms with Gasteiger partial charge >= 0.3 is 0 Å². The van der Waals surface area contributed by atoms with Gasteiger partial charge in [-0.1, -0.05) is 12.1 Å². The lowest BCUT2D eigenvalue weighted by atomic mass is 9.90. The van der Waals surface area contributed by atoms with Crippen LogP contribution in [0.15, 0.2) is 23.6 Å². The zero-order valence-corrected chi connectivity index (χ0v) is 11.7. The SMILES string of the molecule is O=CCCc1nc(-c2ccc3c(c2)CCCC3)cs1. The van der Waals surface area contributed by atoms with E-state index in [9.17, 15) is 4.79 Å². The van der Waals surface area contributed by atoms with E-state index in [2.05, 4.69) is 28.6 Å². The largest absolute Gasteiger partial charge is 0.303 e. The highest BCUT2D eigenvalue weighted by Gasteiger charge is 2.11. The predicted octanol–water partition coefficient (Wildman–Crippen LogP) is 3.82. The van der Waals surface area contributed by atoms with Gasteiger partial charge in [0.25, 0.3) is 0 Å². The smallest absolute Gasteiger partial charge is 0.120 e. The second-order valence-electron chi connectivity index (χ2n) is 5.02. The summed E-state index contributed by atoms with van der Waals surface area (Å²) < 4.78 is 0. The summed E-state index contributed by atoms with van der Waals surface area (Å²) in [5.74, 6) is 0. The van der Waals surface area contributed by atoms with Crippen LogP contribution < -0.4 is 0 Å². The monoisotopic (exact) mass is 271 g/mol. The molecule has 0 N–H and O–H groups in total. The van der Waals surface area contributed by atoms with Crippen molar-refractivity contribution in [1.29, 1.82) is 0 Å². The molecule has 0 radical (unpaired) electrons. The van der Waals surface area contributed by atoms with Crippen LogP contribution in [0.4, 0.5) is 0 Å². The van der Waals surface area contributed by atoms with E-state index < -0.39 is 0 Å². The number of rotatable bonds is 4. The predicted molar refractivity (Wildman–Crippen MR) is 78.6 cm³/mol. The van der Waals surface area contributed by atoms with Crippen molar-refractivity contribution >= 4 is 17.6 Å². The quantitative estimate of drug-likeness (QED) is 0.791. The Labute approximate surface area is 117 Å². The van der Waals surface area contributed by atoms with Gasteiger partial charge in [-0.15, -0.1) is 11.3 Å². The molecule has 1 aliphatic rings. The van der Waals surface area contributed by atoms with Crippen LogP contribution in [0.5, 0.6) is 0 Å². The van der Waals surface area contributed by atoms with E-state index in [-0.39, 0.29) is 0 Å². The van der Waals surface area contributed by atoms with Gasteiger partial charge in [0.2, 0.25) is 0 Å². The van der Waals surface area contributed by atoms with Crippen molar-refractivity contribution in [2.45, 2.75) is 38.5 Å². The molecule has 2 nitrogen and oxygen atoms in total. The first-order valence-electron chi connectivity index (χ1n) is 6.87. The molecule has 0 atom stereocenters. The Hall–Kier alpha value is -1.48. The third-order valence-corrected chi connectivity index (χ3v) is 4.58. The summed E-state index contributed by atoms with van der Waals surface area (Å²) in [7, 11) is 0. The molecule has 3 heteroatoms. The highest BCUT2D eigenvalue weighted by molar-refractivity contribution is 7.09. The normalized spacial score (nSPS) is 14.1. The number of nitrogens with zero attached hydrogens (tertiary/aromatic N) is 1. The van der Waals surface area contributed by atoms with Gasteiger partial charge in [0.05, 0.1) is 10.7 Å². The topological polar surface area (TPSA) is 30.0 Å². The van der Waals surface area contributed by atoms with Gasteiger partial charge in [-0.25, -0.2) is 4.98 Å². The minimum atomic E-state index is 0.567. The number of benzene rings is 1. The molecule has 98 valence electrons. The summed E-state index contributed by atoms with van der Waals surface area (Å²) in [4.78, 5) is 15.0. The van der Waals surface area contributed by atoms with E-state index in [1.54, 1.807) is 11.3 Å². The van der Waals surface area contributed by atoms with Crippen molar-refractivity contribution in [3.8, 4) is 11.3 Å². The summed E-state index contributed by atoms with van der Waals surface area (Å²) in [5, 5.41) is 3.16. The van der Waals surface area contributed by atoms with Gasteiger partial charge in [0.15, 0.2) is 0 Å². The second kappa shape index (κ2) is 5.66. The van der Waals surface area contributed by atoms with Gasteiger partial charge in [-0.05, 0) is 42.9 Å². The fourth-order valence-electron chi connectivity index (χ4n) is 2.63. The molecule has 2 aromatic rings. The highest BCUT2D eigenvalue weighted by Crippen LogP contribution is 2.28. The van der Waals surface area contributed by atoms with Crippen molar-refractivity contribution in [2.24, 2.45) is 0 Å². The molecule has 0 aliphatic heterocycles. The number of aromatic nitrogens is 1. The van der Waals surface area contributed by atoms with Gasteiger partial charge in [0, 0.05) is 23.8 Å². The zero-order valence-electron chi connectivity index (χ0n) is 10.9. The second-order valence-corrected chi connectivity index (χ2v) is 5.97. The minimum Gasteiger partial charge on any atom is -0.303 e. The number of aldehydes is 1. The van der Waals surface area contributed by atoms with Crippen molar-refractivity contribution in [2.75, 3.05) is 0 Å². The highest BCUT2D eigenvalue weighted by atomic mass is 32.1. The summed E-state index contributed by atoms with van der Waals surface area (Å²) in [5.41, 5.74) is 5.27. The van der Waals surface area contributed by atoms with E-state index in [0.29, 0.717) is 6.42 Å². The van der Waals surface area contributed by atoms with Crippen molar-refractivity contribution in [1.82, 2.24) is 4.98 Å². The van der Waals surface area contributed by atoms with Gasteiger partial charge in [-0.3, -0.25) is 0 Å². The lowest BCUT2D eigenvalue weighted by Gasteiger charge is -2.16. The molecule has 0 bridgehead atoms.